The molecule has 0 aromatic rings. The standard InChI is InChI=1S/C23H39NO19/c1-5(27)24-9-6(28)2-23(22(38)39,42-18(9)10(30)7(29)3-25)43-20-11(31)8(4-26)40-21(17(20)37)41-19-15(35)13(33)12(32)14(34)16(19)36/h6-21,25-26,28-37H,2-4H2,1H3,(H,24,27)(H,38,39). The van der Waals surface area contributed by atoms with Crippen LogP contribution in [0.1, 0.15) is 13.3 Å². The molecular weight excluding hydrogens is 594 g/mol. The number of aliphatic hydroxyl groups excluding tert-OH is 12. The minimum Gasteiger partial charge on any atom is -0.477 e. The highest BCUT2D eigenvalue weighted by Crippen LogP contribution is 2.38. The topological polar surface area (TPSA) is 346 Å². The number of carboxylic acid groups (broad SMARTS) is 1. The lowest BCUT2D eigenvalue weighted by atomic mass is 9.84. The Morgan fingerprint density at radius 3 is 1.93 bits per heavy atom. The lowest BCUT2D eigenvalue weighted by molar-refractivity contribution is -0.380. The molecule has 1 amide bonds. The first-order chi connectivity index (χ1) is 20.0. The van der Waals surface area contributed by atoms with Crippen LogP contribution in [0.25, 0.3) is 0 Å². The predicted octanol–water partition coefficient (Wildman–Crippen LogP) is -8.84. The highest BCUT2D eigenvalue weighted by atomic mass is 16.8. The molecule has 14 N–H and O–H groups in total. The number of hydrogen-bond acceptors (Lipinski definition) is 18. The summed E-state index contributed by atoms with van der Waals surface area (Å²) in [5.74, 6) is -5.81. The van der Waals surface area contributed by atoms with Crippen molar-refractivity contribution in [2.45, 2.75) is 117 Å². The average molecular weight is 634 g/mol. The number of carboxylic acids is 1. The van der Waals surface area contributed by atoms with Gasteiger partial charge in [0.15, 0.2) is 6.29 Å². The number of aliphatic hydroxyl groups is 12. The number of rotatable bonds is 10. The Morgan fingerprint density at radius 1 is 0.884 bits per heavy atom. The summed E-state index contributed by atoms with van der Waals surface area (Å²) in [5.41, 5.74) is 0. The van der Waals surface area contributed by atoms with Crippen molar-refractivity contribution in [2.75, 3.05) is 13.2 Å². The third-order valence-corrected chi connectivity index (χ3v) is 7.70. The molecule has 1 aliphatic carbocycles. The average Bonchev–Trinajstić information content (AvgIpc) is 2.96. The van der Waals surface area contributed by atoms with E-state index in [9.17, 15) is 76.0 Å². The number of nitrogens with one attached hydrogen (secondary N) is 1. The maximum absolute atomic E-state index is 12.5. The maximum atomic E-state index is 12.5. The van der Waals surface area contributed by atoms with Crippen molar-refractivity contribution in [2.24, 2.45) is 0 Å². The largest absolute Gasteiger partial charge is 0.477 e. The molecule has 250 valence electrons. The second kappa shape index (κ2) is 14.2. The van der Waals surface area contributed by atoms with E-state index in [-0.39, 0.29) is 0 Å². The fourth-order valence-corrected chi connectivity index (χ4v) is 5.29. The van der Waals surface area contributed by atoms with Gasteiger partial charge in [-0.15, -0.1) is 0 Å². The fraction of sp³-hybridized carbons (Fsp3) is 0.913. The SMILES string of the molecule is CC(=O)NC1C(O)CC(OC2C(O)C(CO)OC(OC3C(O)C(O)C(O)C(O)C3O)C2O)(C(=O)O)OC1C(O)C(O)CO. The molecule has 20 heteroatoms. The third-order valence-electron chi connectivity index (χ3n) is 7.70. The van der Waals surface area contributed by atoms with Crippen molar-refractivity contribution in [3.8, 4) is 0 Å². The number of hydrogen-bond donors (Lipinski definition) is 14. The molecule has 2 aliphatic heterocycles. The van der Waals surface area contributed by atoms with Gasteiger partial charge < -0.3 is 90.6 Å². The Labute approximate surface area is 242 Å². The van der Waals surface area contributed by atoms with Gasteiger partial charge in [0.1, 0.15) is 79.4 Å². The molecule has 0 spiro atoms. The summed E-state index contributed by atoms with van der Waals surface area (Å²) < 4.78 is 21.6. The van der Waals surface area contributed by atoms with Crippen molar-refractivity contribution in [3.63, 3.8) is 0 Å². The van der Waals surface area contributed by atoms with E-state index in [1.54, 1.807) is 0 Å². The van der Waals surface area contributed by atoms with Crippen molar-refractivity contribution < 1.29 is 94.9 Å². The predicted molar refractivity (Wildman–Crippen MR) is 130 cm³/mol. The summed E-state index contributed by atoms with van der Waals surface area (Å²) in [6, 6.07) is -1.56. The molecule has 0 aromatic heterocycles. The molecule has 0 bridgehead atoms. The van der Waals surface area contributed by atoms with Crippen molar-refractivity contribution in [1.29, 1.82) is 0 Å². The minimum atomic E-state index is -3.05. The van der Waals surface area contributed by atoms with Crippen molar-refractivity contribution in [3.05, 3.63) is 0 Å². The molecular formula is C23H39NO19. The molecule has 0 aromatic carbocycles. The van der Waals surface area contributed by atoms with Crippen molar-refractivity contribution >= 4 is 11.9 Å². The van der Waals surface area contributed by atoms with Gasteiger partial charge in [0.25, 0.3) is 5.79 Å². The zero-order valence-corrected chi connectivity index (χ0v) is 22.6. The number of aliphatic carboxylic acids is 1. The molecule has 2 saturated heterocycles. The van der Waals surface area contributed by atoms with Gasteiger partial charge in [-0.2, -0.15) is 0 Å². The second-order valence-electron chi connectivity index (χ2n) is 10.7. The molecule has 1 saturated carbocycles. The molecule has 2 heterocycles. The van der Waals surface area contributed by atoms with Gasteiger partial charge in [-0.05, 0) is 0 Å². The summed E-state index contributed by atoms with van der Waals surface area (Å²) in [4.78, 5) is 24.2. The quantitative estimate of drug-likeness (QED) is 0.106. The van der Waals surface area contributed by atoms with Gasteiger partial charge in [0.2, 0.25) is 5.91 Å². The first-order valence-corrected chi connectivity index (χ1v) is 13.2. The lowest BCUT2D eigenvalue weighted by Gasteiger charge is -2.50. The van der Waals surface area contributed by atoms with E-state index < -0.39 is 135 Å². The first-order valence-electron chi connectivity index (χ1n) is 13.2. The smallest absolute Gasteiger partial charge is 0.364 e. The van der Waals surface area contributed by atoms with Crippen LogP contribution in [0.5, 0.6) is 0 Å². The van der Waals surface area contributed by atoms with Crippen LogP contribution in [0.4, 0.5) is 0 Å². The van der Waals surface area contributed by atoms with Crippen LogP contribution in [0.3, 0.4) is 0 Å². The molecule has 3 fully saturated rings. The summed E-state index contributed by atoms with van der Waals surface area (Å²) >= 11 is 0. The van der Waals surface area contributed by atoms with Gasteiger partial charge in [-0.25, -0.2) is 4.79 Å². The highest BCUT2D eigenvalue weighted by Gasteiger charge is 2.60. The molecule has 20 nitrogen and oxygen atoms in total. The summed E-state index contributed by atoms with van der Waals surface area (Å²) in [6.45, 7) is -1.04. The summed E-state index contributed by atoms with van der Waals surface area (Å²) in [6.07, 6.45) is -31.4. The molecule has 3 aliphatic rings. The Balaban J connectivity index is 1.95. The van der Waals surface area contributed by atoms with E-state index in [0.717, 1.165) is 6.92 Å². The van der Waals surface area contributed by atoms with Crippen LogP contribution < -0.4 is 5.32 Å². The fourth-order valence-electron chi connectivity index (χ4n) is 5.29. The summed E-state index contributed by atoms with van der Waals surface area (Å²) in [7, 11) is 0. The zero-order valence-electron chi connectivity index (χ0n) is 22.6. The van der Waals surface area contributed by atoms with Gasteiger partial charge in [-0.1, -0.05) is 0 Å². The maximum Gasteiger partial charge on any atom is 0.364 e. The van der Waals surface area contributed by atoms with E-state index in [2.05, 4.69) is 5.32 Å². The van der Waals surface area contributed by atoms with E-state index in [1.807, 2.05) is 0 Å². The Kier molecular flexibility index (Phi) is 11.8. The molecule has 15 atom stereocenters. The Hall–Kier alpha value is -1.70. The zero-order chi connectivity index (χ0) is 32.5. The lowest BCUT2D eigenvalue weighted by Crippen LogP contribution is -2.71. The molecule has 3 rings (SSSR count). The van der Waals surface area contributed by atoms with Crippen LogP contribution in [-0.2, 0) is 28.5 Å². The van der Waals surface area contributed by atoms with Crippen LogP contribution in [0, 0.1) is 0 Å². The molecule has 43 heavy (non-hydrogen) atoms. The summed E-state index contributed by atoms with van der Waals surface area (Å²) in [5, 5.41) is 135. The van der Waals surface area contributed by atoms with Gasteiger partial charge in [0, 0.05) is 13.3 Å². The number of carbonyl (C=O) groups excluding carboxylic acids is 1. The monoisotopic (exact) mass is 633 g/mol. The van der Waals surface area contributed by atoms with Crippen LogP contribution in [0.2, 0.25) is 0 Å². The molecule has 15 unspecified atom stereocenters. The van der Waals surface area contributed by atoms with Gasteiger partial charge >= 0.3 is 5.97 Å². The minimum absolute atomic E-state index is 0.761. The van der Waals surface area contributed by atoms with E-state index in [0.29, 0.717) is 0 Å². The van der Waals surface area contributed by atoms with Crippen molar-refractivity contribution in [1.82, 2.24) is 5.32 Å². The Bertz CT molecular complexity index is 944. The second-order valence-corrected chi connectivity index (χ2v) is 10.7. The first kappa shape index (κ1) is 35.8. The van der Waals surface area contributed by atoms with Crippen LogP contribution in [0.15, 0.2) is 0 Å². The number of carbonyl (C=O) groups is 2. The van der Waals surface area contributed by atoms with E-state index in [1.165, 1.54) is 0 Å². The van der Waals surface area contributed by atoms with E-state index in [4.69, 9.17) is 18.9 Å². The van der Waals surface area contributed by atoms with Gasteiger partial charge in [0.05, 0.1) is 25.4 Å². The van der Waals surface area contributed by atoms with E-state index >= 15 is 0 Å². The number of amides is 1. The third kappa shape index (κ3) is 7.09. The van der Waals surface area contributed by atoms with Crippen LogP contribution >= 0.6 is 0 Å². The van der Waals surface area contributed by atoms with Crippen LogP contribution in [-0.4, -0.2) is 195 Å². The van der Waals surface area contributed by atoms with Gasteiger partial charge in [-0.3, -0.25) is 4.79 Å². The molecule has 0 radical (unpaired) electrons. The Morgan fingerprint density at radius 2 is 1.44 bits per heavy atom. The highest BCUT2D eigenvalue weighted by molar-refractivity contribution is 5.76. The number of ether oxygens (including phenoxy) is 4. The normalized spacial score (nSPS) is 47.0.